The second-order valence-electron chi connectivity index (χ2n) is 4.60. The van der Waals surface area contributed by atoms with E-state index in [1.807, 2.05) is 13.0 Å². The predicted octanol–water partition coefficient (Wildman–Crippen LogP) is 4.59. The van der Waals surface area contributed by atoms with Gasteiger partial charge in [0.1, 0.15) is 5.75 Å². The third-order valence-electron chi connectivity index (χ3n) is 3.22. The van der Waals surface area contributed by atoms with E-state index in [1.54, 1.807) is 18.4 Å². The maximum atomic E-state index is 5.30. The molecular weight excluding hydrogens is 254 g/mol. The van der Waals surface area contributed by atoms with Crippen LogP contribution in [0.2, 0.25) is 0 Å². The van der Waals surface area contributed by atoms with Gasteiger partial charge >= 0.3 is 0 Å². The number of nitrogens with zero attached hydrogens (tertiary/aromatic N) is 1. The maximum absolute atomic E-state index is 5.30. The van der Waals surface area contributed by atoms with Crippen molar-refractivity contribution in [3.05, 3.63) is 47.0 Å². The van der Waals surface area contributed by atoms with Crippen molar-refractivity contribution in [3.63, 3.8) is 0 Å². The first-order valence-corrected chi connectivity index (χ1v) is 7.01. The molecule has 3 rings (SSSR count). The monoisotopic (exact) mass is 269 g/mol. The van der Waals surface area contributed by atoms with Crippen LogP contribution in [0, 0.1) is 13.8 Å². The molecule has 0 fully saturated rings. The van der Waals surface area contributed by atoms with Crippen molar-refractivity contribution in [2.24, 2.45) is 0 Å². The molecule has 0 saturated heterocycles. The van der Waals surface area contributed by atoms with Crippen LogP contribution in [-0.4, -0.2) is 12.1 Å². The lowest BCUT2D eigenvalue weighted by Crippen LogP contribution is -1.87. The predicted molar refractivity (Wildman–Crippen MR) is 81.1 cm³/mol. The Labute approximate surface area is 116 Å². The van der Waals surface area contributed by atoms with Gasteiger partial charge < -0.3 is 4.74 Å². The van der Waals surface area contributed by atoms with Gasteiger partial charge in [-0.2, -0.15) is 0 Å². The van der Waals surface area contributed by atoms with Gasteiger partial charge in [0.15, 0.2) is 0 Å². The number of benzene rings is 2. The van der Waals surface area contributed by atoms with Gasteiger partial charge in [0.2, 0.25) is 0 Å². The Morgan fingerprint density at radius 1 is 1.00 bits per heavy atom. The second-order valence-corrected chi connectivity index (χ2v) is 5.83. The van der Waals surface area contributed by atoms with Crippen molar-refractivity contribution < 1.29 is 4.74 Å². The summed E-state index contributed by atoms with van der Waals surface area (Å²) in [7, 11) is 1.70. The average molecular weight is 269 g/mol. The van der Waals surface area contributed by atoms with Gasteiger partial charge in [0, 0.05) is 0 Å². The normalized spacial score (nSPS) is 10.9. The molecule has 3 heteroatoms. The molecular formula is C16H15NOS. The molecule has 0 bridgehead atoms. The molecule has 2 aromatic carbocycles. The van der Waals surface area contributed by atoms with Gasteiger partial charge in [0.25, 0.3) is 0 Å². The van der Waals surface area contributed by atoms with Crippen molar-refractivity contribution in [2.45, 2.75) is 13.8 Å². The number of rotatable bonds is 2. The number of aromatic nitrogens is 1. The smallest absolute Gasteiger partial charge is 0.121 e. The van der Waals surface area contributed by atoms with Crippen LogP contribution >= 0.6 is 11.3 Å². The zero-order chi connectivity index (χ0) is 13.4. The highest BCUT2D eigenvalue weighted by Crippen LogP contribution is 2.30. The number of ether oxygens (including phenoxy) is 1. The number of fused-ring (bicyclic) bond motifs is 1. The standard InChI is InChI=1S/C16H15NOS/c1-10-8-12(5-7-15(10)18-3)13-4-6-14-16(9-13)19-11(2)17-14/h4-9H,1-3H3. The van der Waals surface area contributed by atoms with E-state index in [2.05, 4.69) is 42.2 Å². The number of hydrogen-bond donors (Lipinski definition) is 0. The van der Waals surface area contributed by atoms with E-state index in [0.29, 0.717) is 0 Å². The van der Waals surface area contributed by atoms with E-state index in [1.165, 1.54) is 15.8 Å². The molecule has 0 unspecified atom stereocenters. The number of aryl methyl sites for hydroxylation is 2. The molecule has 96 valence electrons. The second kappa shape index (κ2) is 4.67. The number of hydrogen-bond acceptors (Lipinski definition) is 3. The lowest BCUT2D eigenvalue weighted by Gasteiger charge is -2.07. The van der Waals surface area contributed by atoms with Gasteiger partial charge in [-0.3, -0.25) is 0 Å². The van der Waals surface area contributed by atoms with E-state index >= 15 is 0 Å². The highest BCUT2D eigenvalue weighted by atomic mass is 32.1. The topological polar surface area (TPSA) is 22.1 Å². The van der Waals surface area contributed by atoms with Crippen molar-refractivity contribution >= 4 is 21.6 Å². The van der Waals surface area contributed by atoms with Crippen LogP contribution < -0.4 is 4.74 Å². The summed E-state index contributed by atoms with van der Waals surface area (Å²) in [5.41, 5.74) is 4.67. The summed E-state index contributed by atoms with van der Waals surface area (Å²) in [6.07, 6.45) is 0. The average Bonchev–Trinajstić information content (AvgIpc) is 2.77. The molecule has 2 nitrogen and oxygen atoms in total. The molecule has 0 aliphatic heterocycles. The van der Waals surface area contributed by atoms with E-state index in [4.69, 9.17) is 4.74 Å². The van der Waals surface area contributed by atoms with E-state index in [9.17, 15) is 0 Å². The summed E-state index contributed by atoms with van der Waals surface area (Å²) in [6.45, 7) is 4.11. The molecule has 0 atom stereocenters. The van der Waals surface area contributed by atoms with Crippen molar-refractivity contribution in [1.29, 1.82) is 0 Å². The fourth-order valence-electron chi connectivity index (χ4n) is 2.28. The van der Waals surface area contributed by atoms with Crippen molar-refractivity contribution in [2.75, 3.05) is 7.11 Å². The summed E-state index contributed by atoms with van der Waals surface area (Å²) in [5.74, 6) is 0.929. The van der Waals surface area contributed by atoms with Gasteiger partial charge in [0.05, 0.1) is 22.3 Å². The summed E-state index contributed by atoms with van der Waals surface area (Å²) in [6, 6.07) is 12.7. The van der Waals surface area contributed by atoms with E-state index in [0.717, 1.165) is 21.8 Å². The molecule has 3 aromatic rings. The molecule has 0 aliphatic rings. The summed E-state index contributed by atoms with van der Waals surface area (Å²) < 4.78 is 6.54. The van der Waals surface area contributed by atoms with Crippen LogP contribution in [0.3, 0.4) is 0 Å². The van der Waals surface area contributed by atoms with E-state index < -0.39 is 0 Å². The Kier molecular flexibility index (Phi) is 2.99. The molecule has 0 spiro atoms. The Morgan fingerprint density at radius 2 is 1.74 bits per heavy atom. The first-order chi connectivity index (χ1) is 9.17. The van der Waals surface area contributed by atoms with Gasteiger partial charge in [-0.1, -0.05) is 12.1 Å². The quantitative estimate of drug-likeness (QED) is 0.679. The van der Waals surface area contributed by atoms with Crippen LogP contribution in [0.4, 0.5) is 0 Å². The van der Waals surface area contributed by atoms with Gasteiger partial charge in [-0.15, -0.1) is 11.3 Å². The van der Waals surface area contributed by atoms with Crippen molar-refractivity contribution in [1.82, 2.24) is 4.98 Å². The van der Waals surface area contributed by atoms with Gasteiger partial charge in [-0.25, -0.2) is 4.98 Å². The molecule has 0 saturated carbocycles. The first-order valence-electron chi connectivity index (χ1n) is 6.19. The van der Waals surface area contributed by atoms with Crippen molar-refractivity contribution in [3.8, 4) is 16.9 Å². The van der Waals surface area contributed by atoms with Crippen LogP contribution in [0.5, 0.6) is 5.75 Å². The zero-order valence-electron chi connectivity index (χ0n) is 11.2. The lowest BCUT2D eigenvalue weighted by atomic mass is 10.0. The zero-order valence-corrected chi connectivity index (χ0v) is 12.0. The van der Waals surface area contributed by atoms with Crippen LogP contribution in [0.1, 0.15) is 10.6 Å². The van der Waals surface area contributed by atoms with E-state index in [-0.39, 0.29) is 0 Å². The lowest BCUT2D eigenvalue weighted by molar-refractivity contribution is 0.412. The fraction of sp³-hybridized carbons (Fsp3) is 0.188. The minimum absolute atomic E-state index is 0.929. The number of methoxy groups -OCH3 is 1. The minimum Gasteiger partial charge on any atom is -0.496 e. The minimum atomic E-state index is 0.929. The first kappa shape index (κ1) is 12.2. The molecule has 0 radical (unpaired) electrons. The largest absolute Gasteiger partial charge is 0.496 e. The molecule has 19 heavy (non-hydrogen) atoms. The van der Waals surface area contributed by atoms with Gasteiger partial charge in [-0.05, 0) is 54.8 Å². The third kappa shape index (κ3) is 2.22. The Balaban J connectivity index is 2.10. The third-order valence-corrected chi connectivity index (χ3v) is 4.16. The maximum Gasteiger partial charge on any atom is 0.121 e. The molecule has 0 N–H and O–H groups in total. The Hall–Kier alpha value is -1.87. The van der Waals surface area contributed by atoms with Crippen LogP contribution in [0.15, 0.2) is 36.4 Å². The molecule has 0 amide bonds. The van der Waals surface area contributed by atoms with Crippen LogP contribution in [-0.2, 0) is 0 Å². The molecule has 0 aliphatic carbocycles. The summed E-state index contributed by atoms with van der Waals surface area (Å²) in [4.78, 5) is 4.49. The Bertz CT molecular complexity index is 746. The summed E-state index contributed by atoms with van der Waals surface area (Å²) in [5, 5.41) is 1.11. The Morgan fingerprint density at radius 3 is 2.47 bits per heavy atom. The number of thiazole rings is 1. The summed E-state index contributed by atoms with van der Waals surface area (Å²) >= 11 is 1.74. The SMILES string of the molecule is COc1ccc(-c2ccc3nc(C)sc3c2)cc1C. The highest BCUT2D eigenvalue weighted by Gasteiger charge is 2.05. The molecule has 1 heterocycles. The van der Waals surface area contributed by atoms with Crippen LogP contribution in [0.25, 0.3) is 21.3 Å². The fourth-order valence-corrected chi connectivity index (χ4v) is 3.14. The highest BCUT2D eigenvalue weighted by molar-refractivity contribution is 7.18. The molecule has 1 aromatic heterocycles.